The Morgan fingerprint density at radius 1 is 1.32 bits per heavy atom. The highest BCUT2D eigenvalue weighted by Gasteiger charge is 2.54. The number of benzene rings is 1. The maximum Gasteiger partial charge on any atom is 0.233 e. The number of nitrogens with zero attached hydrogens (tertiary/aromatic N) is 4. The van der Waals surface area contributed by atoms with Crippen LogP contribution in [0.2, 0.25) is 0 Å². The van der Waals surface area contributed by atoms with Crippen LogP contribution in [0.15, 0.2) is 36.7 Å². The minimum absolute atomic E-state index is 0.0914. The van der Waals surface area contributed by atoms with Gasteiger partial charge in [0.15, 0.2) is 0 Å². The van der Waals surface area contributed by atoms with Crippen LogP contribution in [0.1, 0.15) is 43.0 Å². The van der Waals surface area contributed by atoms with Crippen molar-refractivity contribution in [3.05, 3.63) is 53.9 Å². The zero-order valence-corrected chi connectivity index (χ0v) is 16.8. The first-order chi connectivity index (χ1) is 13.5. The second kappa shape index (κ2) is 7.66. The van der Waals surface area contributed by atoms with Crippen molar-refractivity contribution in [1.82, 2.24) is 19.4 Å². The molecule has 0 N–H and O–H groups in total. The Morgan fingerprint density at radius 2 is 2.11 bits per heavy atom. The minimum Gasteiger partial charge on any atom is -0.341 e. The van der Waals surface area contributed by atoms with Gasteiger partial charge in [-0.1, -0.05) is 18.2 Å². The second-order valence-corrected chi connectivity index (χ2v) is 8.43. The van der Waals surface area contributed by atoms with Gasteiger partial charge in [0, 0.05) is 50.1 Å². The first-order valence-electron chi connectivity index (χ1n) is 10.2. The van der Waals surface area contributed by atoms with E-state index in [2.05, 4.69) is 28.5 Å². The maximum atomic E-state index is 14.4. The fraction of sp³-hybridized carbons (Fsp3) is 0.545. The number of carbonyl (C=O) groups excluding carboxylic acids is 1. The third kappa shape index (κ3) is 3.58. The predicted octanol–water partition coefficient (Wildman–Crippen LogP) is 3.02. The number of imidazole rings is 1. The SMILES string of the molecule is CN(C)CCn1ccnc1C1CCCN(C(=O)C2(c3ccccc3F)CC2)C1. The normalized spacial score (nSPS) is 21.1. The molecule has 1 aromatic heterocycles. The quantitative estimate of drug-likeness (QED) is 0.769. The van der Waals surface area contributed by atoms with Crippen LogP contribution in [-0.2, 0) is 16.8 Å². The van der Waals surface area contributed by atoms with Gasteiger partial charge in [-0.15, -0.1) is 0 Å². The van der Waals surface area contributed by atoms with Crippen LogP contribution < -0.4 is 0 Å². The average molecular weight is 384 g/mol. The lowest BCUT2D eigenvalue weighted by atomic mass is 9.90. The number of likely N-dealkylation sites (tertiary alicyclic amines) is 1. The van der Waals surface area contributed by atoms with Gasteiger partial charge in [-0.05, 0) is 45.8 Å². The van der Waals surface area contributed by atoms with E-state index in [1.165, 1.54) is 6.07 Å². The minimum atomic E-state index is -0.645. The maximum absolute atomic E-state index is 14.4. The van der Waals surface area contributed by atoms with Gasteiger partial charge >= 0.3 is 0 Å². The molecule has 1 unspecified atom stereocenters. The molecular weight excluding hydrogens is 355 g/mol. The monoisotopic (exact) mass is 384 g/mol. The highest BCUT2D eigenvalue weighted by atomic mass is 19.1. The zero-order valence-electron chi connectivity index (χ0n) is 16.8. The second-order valence-electron chi connectivity index (χ2n) is 8.43. The molecule has 1 aliphatic heterocycles. The van der Waals surface area contributed by atoms with Crippen molar-refractivity contribution < 1.29 is 9.18 Å². The number of hydrogen-bond donors (Lipinski definition) is 0. The van der Waals surface area contributed by atoms with Crippen LogP contribution in [0.25, 0.3) is 0 Å². The summed E-state index contributed by atoms with van der Waals surface area (Å²) in [6.45, 7) is 3.28. The molecule has 150 valence electrons. The molecule has 2 heterocycles. The number of likely N-dealkylation sites (N-methyl/N-ethyl adjacent to an activating group) is 1. The van der Waals surface area contributed by atoms with Gasteiger partial charge in [0.2, 0.25) is 5.91 Å². The first kappa shape index (κ1) is 19.1. The number of rotatable bonds is 6. The average Bonchev–Trinajstić information content (AvgIpc) is 3.36. The van der Waals surface area contributed by atoms with Crippen LogP contribution in [0.3, 0.4) is 0 Å². The summed E-state index contributed by atoms with van der Waals surface area (Å²) < 4.78 is 16.6. The number of amides is 1. The number of aromatic nitrogens is 2. The molecule has 1 amide bonds. The summed E-state index contributed by atoms with van der Waals surface area (Å²) in [5.74, 6) is 1.14. The van der Waals surface area contributed by atoms with Crippen LogP contribution in [0.5, 0.6) is 0 Å². The lowest BCUT2D eigenvalue weighted by Gasteiger charge is -2.35. The Labute approximate surface area is 166 Å². The van der Waals surface area contributed by atoms with Gasteiger partial charge in [0.1, 0.15) is 11.6 Å². The van der Waals surface area contributed by atoms with E-state index >= 15 is 0 Å². The van der Waals surface area contributed by atoms with E-state index in [1.54, 1.807) is 12.1 Å². The lowest BCUT2D eigenvalue weighted by Crippen LogP contribution is -2.45. The summed E-state index contributed by atoms with van der Waals surface area (Å²) in [6, 6.07) is 6.75. The third-order valence-electron chi connectivity index (χ3n) is 6.16. The van der Waals surface area contributed by atoms with Crippen molar-refractivity contribution in [3.8, 4) is 0 Å². The highest BCUT2D eigenvalue weighted by Crippen LogP contribution is 2.51. The van der Waals surface area contributed by atoms with Crippen molar-refractivity contribution in [3.63, 3.8) is 0 Å². The Balaban J connectivity index is 1.50. The van der Waals surface area contributed by atoms with Gasteiger partial charge < -0.3 is 14.4 Å². The Kier molecular flexibility index (Phi) is 5.23. The Bertz CT molecular complexity index is 843. The molecule has 28 heavy (non-hydrogen) atoms. The molecular formula is C22H29FN4O. The topological polar surface area (TPSA) is 41.4 Å². The Hall–Kier alpha value is -2.21. The summed E-state index contributed by atoms with van der Waals surface area (Å²) in [4.78, 5) is 22.1. The molecule has 1 aliphatic carbocycles. The van der Waals surface area contributed by atoms with Crippen LogP contribution in [-0.4, -0.2) is 59.0 Å². The summed E-state index contributed by atoms with van der Waals surface area (Å²) in [5.41, 5.74) is -0.0808. The fourth-order valence-electron chi connectivity index (χ4n) is 4.43. The van der Waals surface area contributed by atoms with Crippen molar-refractivity contribution >= 4 is 5.91 Å². The molecule has 0 bridgehead atoms. The molecule has 1 saturated heterocycles. The molecule has 2 fully saturated rings. The van der Waals surface area contributed by atoms with Gasteiger partial charge in [-0.3, -0.25) is 4.79 Å². The van der Waals surface area contributed by atoms with Crippen molar-refractivity contribution in [2.75, 3.05) is 33.7 Å². The molecule has 4 rings (SSSR count). The van der Waals surface area contributed by atoms with E-state index in [9.17, 15) is 9.18 Å². The number of carbonyl (C=O) groups is 1. The lowest BCUT2D eigenvalue weighted by molar-refractivity contribution is -0.135. The molecule has 0 spiro atoms. The fourth-order valence-corrected chi connectivity index (χ4v) is 4.43. The number of hydrogen-bond acceptors (Lipinski definition) is 3. The predicted molar refractivity (Wildman–Crippen MR) is 107 cm³/mol. The van der Waals surface area contributed by atoms with Crippen LogP contribution in [0.4, 0.5) is 4.39 Å². The van der Waals surface area contributed by atoms with Gasteiger partial charge in [-0.25, -0.2) is 9.37 Å². The molecule has 6 heteroatoms. The molecule has 1 saturated carbocycles. The summed E-state index contributed by atoms with van der Waals surface area (Å²) in [5, 5.41) is 0. The van der Waals surface area contributed by atoms with Gasteiger partial charge in [-0.2, -0.15) is 0 Å². The number of piperidine rings is 1. The van der Waals surface area contributed by atoms with Crippen molar-refractivity contribution in [1.29, 1.82) is 0 Å². The molecule has 5 nitrogen and oxygen atoms in total. The van der Waals surface area contributed by atoms with Crippen molar-refractivity contribution in [2.45, 2.75) is 43.6 Å². The van der Waals surface area contributed by atoms with Crippen LogP contribution >= 0.6 is 0 Å². The first-order valence-corrected chi connectivity index (χ1v) is 10.2. The molecule has 1 atom stereocenters. The standard InChI is InChI=1S/C22H29FN4O/c1-25(2)14-15-26-13-11-24-20(26)17-6-5-12-27(16-17)21(28)22(9-10-22)18-7-3-4-8-19(18)23/h3-4,7-8,11,13,17H,5-6,9-10,12,14-16H2,1-2H3. The van der Waals surface area contributed by atoms with Gasteiger partial charge in [0.25, 0.3) is 0 Å². The highest BCUT2D eigenvalue weighted by molar-refractivity contribution is 5.91. The van der Waals surface area contributed by atoms with E-state index in [1.807, 2.05) is 23.4 Å². The van der Waals surface area contributed by atoms with Crippen molar-refractivity contribution in [2.24, 2.45) is 0 Å². The molecule has 0 radical (unpaired) electrons. The summed E-state index contributed by atoms with van der Waals surface area (Å²) >= 11 is 0. The Morgan fingerprint density at radius 3 is 2.82 bits per heavy atom. The largest absolute Gasteiger partial charge is 0.341 e. The van der Waals surface area contributed by atoms with E-state index in [4.69, 9.17) is 0 Å². The summed E-state index contributed by atoms with van der Waals surface area (Å²) in [6.07, 6.45) is 7.37. The molecule has 2 aromatic rings. The van der Waals surface area contributed by atoms with E-state index in [0.29, 0.717) is 12.1 Å². The van der Waals surface area contributed by atoms with Gasteiger partial charge in [0.05, 0.1) is 5.41 Å². The van der Waals surface area contributed by atoms with Crippen LogP contribution in [0, 0.1) is 5.82 Å². The van der Waals surface area contributed by atoms with E-state index < -0.39 is 5.41 Å². The van der Waals surface area contributed by atoms with E-state index in [0.717, 1.165) is 51.1 Å². The number of halogens is 1. The smallest absolute Gasteiger partial charge is 0.233 e. The zero-order chi connectivity index (χ0) is 19.7. The summed E-state index contributed by atoms with van der Waals surface area (Å²) in [7, 11) is 4.13. The van der Waals surface area contributed by atoms with E-state index in [-0.39, 0.29) is 17.6 Å². The molecule has 2 aliphatic rings. The third-order valence-corrected chi connectivity index (χ3v) is 6.16. The molecule has 1 aromatic carbocycles.